The van der Waals surface area contributed by atoms with E-state index in [9.17, 15) is 9.59 Å². The summed E-state index contributed by atoms with van der Waals surface area (Å²) in [7, 11) is 1.72. The molecule has 0 aliphatic rings. The first-order valence-electron chi connectivity index (χ1n) is 8.60. The van der Waals surface area contributed by atoms with Gasteiger partial charge in [0.25, 0.3) is 11.5 Å². The van der Waals surface area contributed by atoms with E-state index in [1.807, 2.05) is 38.1 Å². The summed E-state index contributed by atoms with van der Waals surface area (Å²) in [5.74, 6) is 0.601. The lowest BCUT2D eigenvalue weighted by Gasteiger charge is -2.17. The molecule has 134 valence electrons. The van der Waals surface area contributed by atoms with Crippen molar-refractivity contribution in [3.63, 3.8) is 0 Å². The van der Waals surface area contributed by atoms with E-state index in [2.05, 4.69) is 5.10 Å². The van der Waals surface area contributed by atoms with Gasteiger partial charge >= 0.3 is 0 Å². The Morgan fingerprint density at radius 3 is 2.52 bits per heavy atom. The summed E-state index contributed by atoms with van der Waals surface area (Å²) in [6.07, 6.45) is 1.82. The molecule has 0 unspecified atom stereocenters. The molecule has 6 nitrogen and oxygen atoms in total. The van der Waals surface area contributed by atoms with Gasteiger partial charge in [0.1, 0.15) is 11.4 Å². The molecule has 0 saturated heterocycles. The number of ether oxygens (including phenoxy) is 1. The van der Waals surface area contributed by atoms with Crippen molar-refractivity contribution in [3.8, 4) is 5.75 Å². The first-order chi connectivity index (χ1) is 12.0. The third-order valence-electron chi connectivity index (χ3n) is 3.81. The molecule has 0 fully saturated rings. The van der Waals surface area contributed by atoms with Crippen LogP contribution >= 0.6 is 0 Å². The fourth-order valence-corrected chi connectivity index (χ4v) is 2.43. The number of carbonyl (C=O) groups is 1. The van der Waals surface area contributed by atoms with E-state index in [0.717, 1.165) is 24.2 Å². The molecule has 1 heterocycles. The van der Waals surface area contributed by atoms with Gasteiger partial charge in [0, 0.05) is 26.2 Å². The standard InChI is InChI=1S/C19H25N3O3/c1-4-6-13-22-18(23)12-11-17(20-22)19(24)21(3)14-15-7-9-16(10-8-15)25-5-2/h7-12H,4-6,13-14H2,1-3H3. The lowest BCUT2D eigenvalue weighted by atomic mass is 10.2. The Bertz CT molecular complexity index is 753. The van der Waals surface area contributed by atoms with Gasteiger partial charge < -0.3 is 9.64 Å². The molecule has 1 amide bonds. The lowest BCUT2D eigenvalue weighted by Crippen LogP contribution is -2.31. The third-order valence-corrected chi connectivity index (χ3v) is 3.81. The van der Waals surface area contributed by atoms with Gasteiger partial charge in [-0.1, -0.05) is 25.5 Å². The molecule has 0 bridgehead atoms. The van der Waals surface area contributed by atoms with Crippen LogP contribution in [0.25, 0.3) is 0 Å². The summed E-state index contributed by atoms with van der Waals surface area (Å²) >= 11 is 0. The topological polar surface area (TPSA) is 64.4 Å². The van der Waals surface area contributed by atoms with Gasteiger partial charge in [-0.05, 0) is 37.1 Å². The number of nitrogens with zero attached hydrogens (tertiary/aromatic N) is 3. The average molecular weight is 343 g/mol. The molecule has 0 N–H and O–H groups in total. The first-order valence-corrected chi connectivity index (χ1v) is 8.60. The Balaban J connectivity index is 2.07. The van der Waals surface area contributed by atoms with Crippen molar-refractivity contribution in [2.24, 2.45) is 0 Å². The lowest BCUT2D eigenvalue weighted by molar-refractivity contribution is 0.0776. The molecule has 0 saturated carbocycles. The van der Waals surface area contributed by atoms with Crippen LogP contribution in [0.15, 0.2) is 41.2 Å². The number of hydrogen-bond acceptors (Lipinski definition) is 4. The second kappa shape index (κ2) is 9.01. The first kappa shape index (κ1) is 18.7. The SMILES string of the molecule is CCCCn1nc(C(=O)N(C)Cc2ccc(OCC)cc2)ccc1=O. The number of amides is 1. The number of unbranched alkanes of at least 4 members (excludes halogenated alkanes) is 1. The maximum Gasteiger partial charge on any atom is 0.274 e. The Kier molecular flexibility index (Phi) is 6.74. The molecule has 0 spiro atoms. The van der Waals surface area contributed by atoms with E-state index < -0.39 is 0 Å². The number of hydrogen-bond donors (Lipinski definition) is 0. The van der Waals surface area contributed by atoms with Crippen LogP contribution in [-0.2, 0) is 13.1 Å². The number of carbonyl (C=O) groups excluding carboxylic acids is 1. The smallest absolute Gasteiger partial charge is 0.274 e. The third kappa shape index (κ3) is 5.17. The van der Waals surface area contributed by atoms with Crippen LogP contribution in [0.3, 0.4) is 0 Å². The Morgan fingerprint density at radius 2 is 1.88 bits per heavy atom. The second-order valence-corrected chi connectivity index (χ2v) is 5.87. The van der Waals surface area contributed by atoms with Gasteiger partial charge in [-0.15, -0.1) is 0 Å². The van der Waals surface area contributed by atoms with Crippen molar-refractivity contribution in [2.75, 3.05) is 13.7 Å². The molecule has 1 aromatic carbocycles. The van der Waals surface area contributed by atoms with Gasteiger partial charge in [-0.3, -0.25) is 9.59 Å². The highest BCUT2D eigenvalue weighted by atomic mass is 16.5. The van der Waals surface area contributed by atoms with Crippen LogP contribution < -0.4 is 10.3 Å². The molecule has 0 aliphatic carbocycles. The van der Waals surface area contributed by atoms with E-state index >= 15 is 0 Å². The van der Waals surface area contributed by atoms with Crippen molar-refractivity contribution in [1.82, 2.24) is 14.7 Å². The molecule has 0 aliphatic heterocycles. The molecule has 2 rings (SSSR count). The quantitative estimate of drug-likeness (QED) is 0.739. The number of benzene rings is 1. The molecular weight excluding hydrogens is 318 g/mol. The number of aromatic nitrogens is 2. The summed E-state index contributed by atoms with van der Waals surface area (Å²) < 4.78 is 6.78. The molecule has 2 aromatic rings. The monoisotopic (exact) mass is 343 g/mol. The van der Waals surface area contributed by atoms with Crippen LogP contribution in [0.2, 0.25) is 0 Å². The van der Waals surface area contributed by atoms with Gasteiger partial charge in [-0.25, -0.2) is 4.68 Å². The largest absolute Gasteiger partial charge is 0.494 e. The number of rotatable bonds is 8. The van der Waals surface area contributed by atoms with E-state index in [1.165, 1.54) is 16.8 Å². The van der Waals surface area contributed by atoms with Crippen molar-refractivity contribution in [1.29, 1.82) is 0 Å². The molecule has 0 atom stereocenters. The second-order valence-electron chi connectivity index (χ2n) is 5.87. The minimum Gasteiger partial charge on any atom is -0.494 e. The van der Waals surface area contributed by atoms with Gasteiger partial charge in [0.15, 0.2) is 0 Å². The van der Waals surface area contributed by atoms with Gasteiger partial charge in [-0.2, -0.15) is 5.10 Å². The van der Waals surface area contributed by atoms with Crippen molar-refractivity contribution < 1.29 is 9.53 Å². The maximum atomic E-state index is 12.6. The van der Waals surface area contributed by atoms with Crippen molar-refractivity contribution in [2.45, 2.75) is 39.8 Å². The fourth-order valence-electron chi connectivity index (χ4n) is 2.43. The molecular formula is C19H25N3O3. The van der Waals surface area contributed by atoms with Crippen LogP contribution in [0.5, 0.6) is 5.75 Å². The summed E-state index contributed by atoms with van der Waals surface area (Å²) in [6.45, 7) is 5.59. The average Bonchev–Trinajstić information content (AvgIpc) is 2.62. The van der Waals surface area contributed by atoms with E-state index in [4.69, 9.17) is 4.74 Å². The number of aryl methyl sites for hydroxylation is 1. The zero-order valence-electron chi connectivity index (χ0n) is 15.1. The van der Waals surface area contributed by atoms with E-state index in [1.54, 1.807) is 11.9 Å². The predicted octanol–water partition coefficient (Wildman–Crippen LogP) is 2.71. The predicted molar refractivity (Wildman–Crippen MR) is 96.8 cm³/mol. The highest BCUT2D eigenvalue weighted by Crippen LogP contribution is 2.14. The van der Waals surface area contributed by atoms with Crippen LogP contribution in [0.1, 0.15) is 42.7 Å². The summed E-state index contributed by atoms with van der Waals surface area (Å²) in [6, 6.07) is 10.5. The van der Waals surface area contributed by atoms with Crippen LogP contribution in [0.4, 0.5) is 0 Å². The maximum absolute atomic E-state index is 12.6. The minimum absolute atomic E-state index is 0.181. The zero-order valence-corrected chi connectivity index (χ0v) is 15.1. The van der Waals surface area contributed by atoms with Crippen molar-refractivity contribution >= 4 is 5.91 Å². The molecule has 0 radical (unpaired) electrons. The summed E-state index contributed by atoms with van der Waals surface area (Å²) in [5.41, 5.74) is 1.10. The van der Waals surface area contributed by atoms with Crippen molar-refractivity contribution in [3.05, 3.63) is 58.0 Å². The normalized spacial score (nSPS) is 10.5. The van der Waals surface area contributed by atoms with Crippen LogP contribution in [-0.4, -0.2) is 34.2 Å². The van der Waals surface area contributed by atoms with Gasteiger partial charge in [0.2, 0.25) is 0 Å². The highest BCUT2D eigenvalue weighted by Gasteiger charge is 2.15. The van der Waals surface area contributed by atoms with Gasteiger partial charge in [0.05, 0.1) is 6.61 Å². The molecule has 6 heteroatoms. The van der Waals surface area contributed by atoms with Crippen LogP contribution in [0, 0.1) is 0 Å². The Labute approximate surface area is 148 Å². The zero-order chi connectivity index (χ0) is 18.2. The highest BCUT2D eigenvalue weighted by molar-refractivity contribution is 5.91. The Hall–Kier alpha value is -2.63. The van der Waals surface area contributed by atoms with E-state index in [-0.39, 0.29) is 17.2 Å². The summed E-state index contributed by atoms with van der Waals surface area (Å²) in [4.78, 5) is 26.0. The van der Waals surface area contributed by atoms with E-state index in [0.29, 0.717) is 19.7 Å². The fraction of sp³-hybridized carbons (Fsp3) is 0.421. The molecule has 1 aromatic heterocycles. The minimum atomic E-state index is -0.209. The summed E-state index contributed by atoms with van der Waals surface area (Å²) in [5, 5.41) is 4.20. The molecule has 25 heavy (non-hydrogen) atoms. The Morgan fingerprint density at radius 1 is 1.16 bits per heavy atom.